The summed E-state index contributed by atoms with van der Waals surface area (Å²) in [6, 6.07) is 27.4. The first-order chi connectivity index (χ1) is 22.0. The molecule has 4 rings (SSSR count). The third-order valence-electron chi connectivity index (χ3n) is 7.58. The summed E-state index contributed by atoms with van der Waals surface area (Å²) in [6.45, 7) is 3.32. The number of halogens is 2. The van der Waals surface area contributed by atoms with E-state index in [1.807, 2.05) is 44.2 Å². The van der Waals surface area contributed by atoms with Crippen LogP contribution in [0.25, 0.3) is 0 Å². The first kappa shape index (κ1) is 34.8. The standard InChI is InChI=1S/C35H37Cl2N3O5S/c1-4-25(2)38-35(42)33(22-26-8-6-5-7-9-26)39(23-27-10-12-28(36)13-11-27)34(41)24-40(30-16-14-29(37)15-17-30)46(43,44)32-20-18-31(45-3)19-21-32/h5-21,25,33H,4,22-24H2,1-3H3,(H,38,42)/t25-,33-/m1/s1. The SMILES string of the molecule is CC[C@@H](C)NC(=O)[C@@H](Cc1ccccc1)N(Cc1ccc(Cl)cc1)C(=O)CN(c1ccc(Cl)cc1)S(=O)(=O)c1ccc(OC)cc1. The van der Waals surface area contributed by atoms with Crippen molar-refractivity contribution in [2.75, 3.05) is 18.0 Å². The largest absolute Gasteiger partial charge is 0.497 e. The van der Waals surface area contributed by atoms with Gasteiger partial charge in [-0.3, -0.25) is 13.9 Å². The van der Waals surface area contributed by atoms with Crippen LogP contribution < -0.4 is 14.4 Å². The van der Waals surface area contributed by atoms with E-state index in [1.165, 1.54) is 48.4 Å². The summed E-state index contributed by atoms with van der Waals surface area (Å²) in [7, 11) is -2.77. The molecule has 0 heterocycles. The molecule has 2 atom stereocenters. The monoisotopic (exact) mass is 681 g/mol. The molecule has 0 radical (unpaired) electrons. The highest BCUT2D eigenvalue weighted by molar-refractivity contribution is 7.92. The van der Waals surface area contributed by atoms with Gasteiger partial charge in [-0.25, -0.2) is 8.42 Å². The summed E-state index contributed by atoms with van der Waals surface area (Å²) >= 11 is 12.3. The lowest BCUT2D eigenvalue weighted by molar-refractivity contribution is -0.140. The van der Waals surface area contributed by atoms with Crippen molar-refractivity contribution in [1.29, 1.82) is 0 Å². The number of benzene rings is 4. The summed E-state index contributed by atoms with van der Waals surface area (Å²) in [5, 5.41) is 3.96. The molecule has 8 nitrogen and oxygen atoms in total. The van der Waals surface area contributed by atoms with Crippen LogP contribution in [0.5, 0.6) is 5.75 Å². The third kappa shape index (κ3) is 9.02. The molecule has 242 valence electrons. The molecule has 0 fully saturated rings. The van der Waals surface area contributed by atoms with Crippen LogP contribution >= 0.6 is 23.2 Å². The molecule has 0 saturated heterocycles. The van der Waals surface area contributed by atoms with Crippen molar-refractivity contribution < 1.29 is 22.7 Å². The Morgan fingerprint density at radius 3 is 1.98 bits per heavy atom. The van der Waals surface area contributed by atoms with Crippen LogP contribution in [-0.4, -0.2) is 50.9 Å². The first-order valence-electron chi connectivity index (χ1n) is 14.8. The van der Waals surface area contributed by atoms with Gasteiger partial charge in [0.05, 0.1) is 17.7 Å². The minimum absolute atomic E-state index is 0.0318. The van der Waals surface area contributed by atoms with E-state index in [0.29, 0.717) is 22.2 Å². The van der Waals surface area contributed by atoms with E-state index in [2.05, 4.69) is 5.32 Å². The third-order valence-corrected chi connectivity index (χ3v) is 9.87. The fraction of sp³-hybridized carbons (Fsp3) is 0.257. The zero-order valence-corrected chi connectivity index (χ0v) is 28.2. The van der Waals surface area contributed by atoms with Crippen LogP contribution in [-0.2, 0) is 32.6 Å². The summed E-state index contributed by atoms with van der Waals surface area (Å²) in [5.41, 5.74) is 1.81. The van der Waals surface area contributed by atoms with E-state index < -0.39 is 28.5 Å². The Kier molecular flexibility index (Phi) is 12.1. The lowest BCUT2D eigenvalue weighted by atomic mass is 10.0. The van der Waals surface area contributed by atoms with E-state index in [9.17, 15) is 18.0 Å². The number of hydrogen-bond acceptors (Lipinski definition) is 5. The van der Waals surface area contributed by atoms with E-state index in [1.54, 1.807) is 36.4 Å². The number of nitrogens with zero attached hydrogens (tertiary/aromatic N) is 2. The second kappa shape index (κ2) is 16.0. The van der Waals surface area contributed by atoms with Gasteiger partial charge >= 0.3 is 0 Å². The molecular weight excluding hydrogens is 645 g/mol. The topological polar surface area (TPSA) is 96.0 Å². The number of anilines is 1. The quantitative estimate of drug-likeness (QED) is 0.159. The molecule has 0 aliphatic heterocycles. The molecule has 0 saturated carbocycles. The van der Waals surface area contributed by atoms with E-state index in [0.717, 1.165) is 15.4 Å². The molecule has 4 aromatic rings. The van der Waals surface area contributed by atoms with Crippen LogP contribution in [0, 0.1) is 0 Å². The highest BCUT2D eigenvalue weighted by atomic mass is 35.5. The molecule has 0 bridgehead atoms. The Labute approximate surface area is 280 Å². The number of ether oxygens (including phenoxy) is 1. The fourth-order valence-electron chi connectivity index (χ4n) is 4.79. The number of carbonyl (C=O) groups is 2. The highest BCUT2D eigenvalue weighted by Gasteiger charge is 2.35. The maximum atomic E-state index is 14.5. The van der Waals surface area contributed by atoms with Gasteiger partial charge in [-0.15, -0.1) is 0 Å². The van der Waals surface area contributed by atoms with Crippen molar-refractivity contribution in [3.05, 3.63) is 124 Å². The van der Waals surface area contributed by atoms with E-state index in [4.69, 9.17) is 27.9 Å². The average molecular weight is 683 g/mol. The molecule has 0 spiro atoms. The minimum atomic E-state index is -4.26. The van der Waals surface area contributed by atoms with Gasteiger partial charge in [-0.2, -0.15) is 0 Å². The second-order valence-electron chi connectivity index (χ2n) is 10.8. The predicted octanol–water partition coefficient (Wildman–Crippen LogP) is 6.75. The average Bonchev–Trinajstić information content (AvgIpc) is 3.06. The van der Waals surface area contributed by atoms with Gasteiger partial charge in [0.25, 0.3) is 10.0 Å². The molecule has 46 heavy (non-hydrogen) atoms. The normalized spacial score (nSPS) is 12.5. The summed E-state index contributed by atoms with van der Waals surface area (Å²) in [5.74, 6) is -0.419. The van der Waals surface area contributed by atoms with Crippen molar-refractivity contribution >= 4 is 50.7 Å². The van der Waals surface area contributed by atoms with Crippen LogP contribution in [0.2, 0.25) is 10.0 Å². The summed E-state index contributed by atoms with van der Waals surface area (Å²) < 4.78 is 34.5. The Bertz CT molecular complexity index is 1700. The van der Waals surface area contributed by atoms with Crippen LogP contribution in [0.4, 0.5) is 5.69 Å². The molecule has 0 aliphatic carbocycles. The molecule has 11 heteroatoms. The molecule has 1 N–H and O–H groups in total. The fourth-order valence-corrected chi connectivity index (χ4v) is 6.46. The van der Waals surface area contributed by atoms with Crippen molar-refractivity contribution in [3.8, 4) is 5.75 Å². The van der Waals surface area contributed by atoms with Gasteiger partial charge in [-0.1, -0.05) is 72.6 Å². The smallest absolute Gasteiger partial charge is 0.264 e. The molecule has 4 aromatic carbocycles. The maximum Gasteiger partial charge on any atom is 0.264 e. The molecule has 0 unspecified atom stereocenters. The van der Waals surface area contributed by atoms with Crippen LogP contribution in [0.1, 0.15) is 31.4 Å². The Hall–Kier alpha value is -4.05. The maximum absolute atomic E-state index is 14.5. The minimum Gasteiger partial charge on any atom is -0.497 e. The Balaban J connectivity index is 1.80. The molecular formula is C35H37Cl2N3O5S. The number of amides is 2. The lowest BCUT2D eigenvalue weighted by Crippen LogP contribution is -2.54. The van der Waals surface area contributed by atoms with Gasteiger partial charge in [0.2, 0.25) is 11.8 Å². The van der Waals surface area contributed by atoms with Crippen molar-refractivity contribution in [1.82, 2.24) is 10.2 Å². The number of rotatable bonds is 14. The molecule has 0 aliphatic rings. The van der Waals surface area contributed by atoms with Crippen LogP contribution in [0.3, 0.4) is 0 Å². The number of nitrogens with one attached hydrogen (secondary N) is 1. The number of sulfonamides is 1. The van der Waals surface area contributed by atoms with Gasteiger partial charge < -0.3 is 15.0 Å². The molecule has 2 amide bonds. The van der Waals surface area contributed by atoms with Gasteiger partial charge in [0.15, 0.2) is 0 Å². The number of methoxy groups -OCH3 is 1. The number of carbonyl (C=O) groups excluding carboxylic acids is 2. The van der Waals surface area contributed by atoms with Gasteiger partial charge in [0.1, 0.15) is 18.3 Å². The van der Waals surface area contributed by atoms with Gasteiger partial charge in [-0.05, 0) is 85.1 Å². The predicted molar refractivity (Wildman–Crippen MR) is 183 cm³/mol. The van der Waals surface area contributed by atoms with E-state index in [-0.39, 0.29) is 35.5 Å². The zero-order valence-electron chi connectivity index (χ0n) is 25.9. The Morgan fingerprint density at radius 2 is 1.41 bits per heavy atom. The van der Waals surface area contributed by atoms with Crippen molar-refractivity contribution in [2.45, 2.75) is 50.2 Å². The zero-order chi connectivity index (χ0) is 33.3. The summed E-state index contributed by atoms with van der Waals surface area (Å²) in [4.78, 5) is 29.8. The summed E-state index contributed by atoms with van der Waals surface area (Å²) in [6.07, 6.45) is 0.911. The highest BCUT2D eigenvalue weighted by Crippen LogP contribution is 2.27. The van der Waals surface area contributed by atoms with Crippen molar-refractivity contribution in [3.63, 3.8) is 0 Å². The number of hydrogen-bond donors (Lipinski definition) is 1. The Morgan fingerprint density at radius 1 is 0.826 bits per heavy atom. The first-order valence-corrected chi connectivity index (χ1v) is 17.0. The van der Waals surface area contributed by atoms with Crippen LogP contribution in [0.15, 0.2) is 108 Å². The van der Waals surface area contributed by atoms with Gasteiger partial charge in [0, 0.05) is 29.1 Å². The lowest BCUT2D eigenvalue weighted by Gasteiger charge is -2.34. The van der Waals surface area contributed by atoms with Crippen molar-refractivity contribution in [2.24, 2.45) is 0 Å². The van der Waals surface area contributed by atoms with E-state index >= 15 is 0 Å². The second-order valence-corrected chi connectivity index (χ2v) is 13.6. The molecule has 0 aromatic heterocycles.